The molecule has 0 amide bonds. The van der Waals surface area contributed by atoms with Gasteiger partial charge in [0, 0.05) is 64.7 Å². The second-order valence-electron chi connectivity index (χ2n) is 36.5. The number of rotatable bonds is 8. The van der Waals surface area contributed by atoms with E-state index in [1.54, 1.807) is 0 Å². The van der Waals surface area contributed by atoms with Crippen molar-refractivity contribution in [1.82, 2.24) is 9.88 Å². The van der Waals surface area contributed by atoms with E-state index in [0.29, 0.717) is 52.8 Å². The average molecular weight is 1430 g/mol. The van der Waals surface area contributed by atoms with Crippen molar-refractivity contribution in [2.45, 2.75) is 284 Å². The third-order valence-electron chi connectivity index (χ3n) is 28.6. The molecule has 7 aliphatic carbocycles. The van der Waals surface area contributed by atoms with Gasteiger partial charge in [-0.05, 0) is 229 Å². The fraction of sp³-hybridized carbons (Fsp3) is 0.753. The Morgan fingerprint density at radius 2 is 0.863 bits per heavy atom. The van der Waals surface area contributed by atoms with Crippen molar-refractivity contribution in [3.63, 3.8) is 0 Å². The molecule has 1 aromatic carbocycles. The molecule has 6 aliphatic heterocycles. The highest BCUT2D eigenvalue weighted by molar-refractivity contribution is 7.10. The number of aliphatic hydroxyl groups excluding tert-OH is 2. The molecule has 25 atom stereocenters. The van der Waals surface area contributed by atoms with Crippen LogP contribution in [-0.2, 0) is 73.4 Å². The number of carbonyl (C=O) groups is 6. The Kier molecular flexibility index (Phi) is 23.6. The molecule has 2 N–H and O–H groups in total. The first-order valence-electron chi connectivity index (χ1n) is 39.3. The van der Waals surface area contributed by atoms with Gasteiger partial charge in [0.25, 0.3) is 0 Å². The van der Waals surface area contributed by atoms with Crippen molar-refractivity contribution in [3.8, 4) is 0 Å². The van der Waals surface area contributed by atoms with E-state index in [0.717, 1.165) is 95.9 Å². The lowest BCUT2D eigenvalue weighted by Crippen LogP contribution is -2.43. The van der Waals surface area contributed by atoms with Gasteiger partial charge in [-0.3, -0.25) is 33.8 Å². The summed E-state index contributed by atoms with van der Waals surface area (Å²) in [5.74, 6) is 4.01. The molecule has 13 aliphatic rings. The first kappa shape index (κ1) is 77.9. The summed E-state index contributed by atoms with van der Waals surface area (Å²) in [6.45, 7) is 30.8. The van der Waals surface area contributed by atoms with Crippen LogP contribution in [0.4, 0.5) is 0 Å². The van der Waals surface area contributed by atoms with Crippen LogP contribution < -0.4 is 0 Å². The molecule has 0 radical (unpaired) electrons. The smallest absolute Gasteiger partial charge is 0.309 e. The maximum Gasteiger partial charge on any atom is 0.309 e. The van der Waals surface area contributed by atoms with Crippen molar-refractivity contribution in [3.05, 3.63) is 87.4 Å². The summed E-state index contributed by atoms with van der Waals surface area (Å²) in [5, 5.41) is 21.0. The van der Waals surface area contributed by atoms with Crippen LogP contribution >= 0.6 is 11.3 Å². The lowest BCUT2D eigenvalue weighted by Gasteiger charge is -2.41. The van der Waals surface area contributed by atoms with Crippen LogP contribution in [0.3, 0.4) is 0 Å². The molecule has 7 saturated carbocycles. The molecular weight excluding hydrogens is 1310 g/mol. The maximum absolute atomic E-state index is 11.7. The van der Waals surface area contributed by atoms with Gasteiger partial charge in [-0.25, -0.2) is 0 Å². The highest BCUT2D eigenvalue weighted by atomic mass is 32.1. The predicted molar refractivity (Wildman–Crippen MR) is 394 cm³/mol. The Hall–Kier alpha value is -5.23. The standard InChI is InChI=1S/C17H22O2.C16H21NO2.C14H18O2S.C13H23NO2.C13H20O2.C12H20O4/c1-11-6-4-5-7-14(11)17(3)9-8-13-12(2)16(18)19-15(13)10-17;1-10-9-17-7-5-13(10)16(3)6-4-12-11(2)15(18)19-14(12)8-16;1-9-10-5-6-14(2,12-4-3-7-17-12)8-11(10)16-13(9)15;1-9-10-5-6-13(2,8-14(3)4)7-11(10)16-12(9)15;1-8-10-5-6-13(2,9-3-4-9)7-11(10)15-12(8)14;1-7-8-3-4-12(2,10(14)6-13)5-9(8)16-11(7)15/h4-7,12-13,15H,8-10H2,1-3H3;5,7,9,11-12,14H,4,6,8H2,1-3H3;3-4,7,9-11H,5-6,8H2,1-2H3;9-11H,5-8H2,1-4H3;8-11H,3-7H2,1-2H3;7-10,13-14H,3-6H2,1-2H3. The lowest BCUT2D eigenvalue weighted by atomic mass is 9.64. The quantitative estimate of drug-likeness (QED) is 0.158. The number of thiophene rings is 1. The third-order valence-corrected chi connectivity index (χ3v) is 29.8. The minimum absolute atomic E-state index is 0.00373. The van der Waals surface area contributed by atoms with Crippen molar-refractivity contribution in [2.24, 2.45) is 93.2 Å². The third kappa shape index (κ3) is 16.3. The zero-order chi connectivity index (χ0) is 73.8. The molecular formula is C85H124N2O14S. The Morgan fingerprint density at radius 1 is 0.471 bits per heavy atom. The van der Waals surface area contributed by atoms with Gasteiger partial charge in [0.1, 0.15) is 36.6 Å². The van der Waals surface area contributed by atoms with E-state index < -0.39 is 6.10 Å². The summed E-state index contributed by atoms with van der Waals surface area (Å²) in [4.78, 5) is 77.4. The van der Waals surface area contributed by atoms with Crippen LogP contribution in [0.2, 0.25) is 0 Å². The Morgan fingerprint density at radius 3 is 1.28 bits per heavy atom. The second kappa shape index (κ2) is 30.9. The Labute approximate surface area is 613 Å². The molecule has 6 saturated heterocycles. The van der Waals surface area contributed by atoms with Crippen LogP contribution in [0.1, 0.15) is 239 Å². The van der Waals surface area contributed by atoms with Gasteiger partial charge in [-0.15, -0.1) is 11.3 Å². The number of fused-ring (bicyclic) bond motifs is 6. The highest BCUT2D eigenvalue weighted by Gasteiger charge is 2.56. The van der Waals surface area contributed by atoms with E-state index >= 15 is 0 Å². The SMILES string of the molecule is CC1C(=O)OC2CC(C)(C(O)CO)CCC21.CC1C(=O)OC2CC(C)(C3CC3)CCC21.CC1C(=O)OC2CC(C)(CN(C)C)CCC21.CC1C(=O)OC2CC(C)(c3cccs3)CCC21.Cc1ccccc1C1(C)CCC2C(C1)OC(=O)C2C.Cc1cnccc1C1(C)CCC2C(C1)OC(=O)C2C. The number of aryl methyl sites for hydroxylation is 2. The summed E-state index contributed by atoms with van der Waals surface area (Å²) < 4.78 is 33.1. The Bertz CT molecular complexity index is 3370. The minimum atomic E-state index is -0.719. The van der Waals surface area contributed by atoms with E-state index in [4.69, 9.17) is 33.5 Å². The summed E-state index contributed by atoms with van der Waals surface area (Å²) >= 11 is 1.82. The largest absolute Gasteiger partial charge is 0.462 e. The maximum atomic E-state index is 11.7. The highest BCUT2D eigenvalue weighted by Crippen LogP contribution is 2.58. The zero-order valence-electron chi connectivity index (χ0n) is 64.5. The van der Waals surface area contributed by atoms with E-state index in [-0.39, 0.29) is 136 Å². The van der Waals surface area contributed by atoms with Crippen LogP contribution in [0, 0.1) is 107 Å². The van der Waals surface area contributed by atoms with Crippen LogP contribution in [0.5, 0.6) is 0 Å². The van der Waals surface area contributed by atoms with Crippen molar-refractivity contribution < 1.29 is 67.4 Å². The first-order chi connectivity index (χ1) is 48.1. The Balaban J connectivity index is 0.000000123. The number of carbonyl (C=O) groups excluding carboxylic acids is 6. The van der Waals surface area contributed by atoms with E-state index in [9.17, 15) is 33.9 Å². The summed E-state index contributed by atoms with van der Waals surface area (Å²) in [6, 6.07) is 15.1. The summed E-state index contributed by atoms with van der Waals surface area (Å²) in [6.07, 6.45) is 25.7. The molecule has 0 bridgehead atoms. The topological polar surface area (TPSA) is 214 Å². The van der Waals surface area contributed by atoms with E-state index in [1.807, 2.05) is 72.2 Å². The zero-order valence-corrected chi connectivity index (χ0v) is 65.3. The molecule has 2 aromatic heterocycles. The molecule has 102 heavy (non-hydrogen) atoms. The molecule has 25 unspecified atom stereocenters. The second-order valence-corrected chi connectivity index (χ2v) is 37.5. The molecule has 3 aromatic rings. The number of esters is 6. The average Bonchev–Trinajstić information content (AvgIpc) is 1.71. The normalized spacial score (nSPS) is 42.1. The van der Waals surface area contributed by atoms with Gasteiger partial charge in [0.2, 0.25) is 0 Å². The number of aromatic nitrogens is 1. The molecule has 0 spiro atoms. The summed E-state index contributed by atoms with van der Waals surface area (Å²) in [7, 11) is 4.22. The van der Waals surface area contributed by atoms with Crippen LogP contribution in [-0.4, -0.2) is 126 Å². The van der Waals surface area contributed by atoms with Gasteiger partial charge in [0.05, 0.1) is 48.2 Å². The van der Waals surface area contributed by atoms with Crippen LogP contribution in [0.25, 0.3) is 0 Å². The number of pyridine rings is 1. The van der Waals surface area contributed by atoms with Gasteiger partial charge < -0.3 is 43.5 Å². The minimum Gasteiger partial charge on any atom is -0.462 e. The number of hydrogen-bond acceptors (Lipinski definition) is 17. The van der Waals surface area contributed by atoms with Gasteiger partial charge in [-0.2, -0.15) is 0 Å². The molecule has 8 heterocycles. The summed E-state index contributed by atoms with van der Waals surface area (Å²) in [5.41, 5.74) is 6.30. The lowest BCUT2D eigenvalue weighted by molar-refractivity contribution is -0.147. The molecule has 13 fully saturated rings. The number of ether oxygens (including phenoxy) is 6. The fourth-order valence-electron chi connectivity index (χ4n) is 21.4. The van der Waals surface area contributed by atoms with E-state index in [2.05, 4.69) is 120 Å². The number of benzene rings is 1. The molecule has 564 valence electrons. The number of nitrogens with zero attached hydrogens (tertiary/aromatic N) is 2. The van der Waals surface area contributed by atoms with Crippen LogP contribution in [0.15, 0.2) is 60.2 Å². The van der Waals surface area contributed by atoms with E-state index in [1.165, 1.54) is 65.7 Å². The van der Waals surface area contributed by atoms with Gasteiger partial charge in [-0.1, -0.05) is 113 Å². The molecule has 16 rings (SSSR count). The number of aliphatic hydroxyl groups is 2. The fourth-order valence-corrected chi connectivity index (χ4v) is 22.4. The first-order valence-corrected chi connectivity index (χ1v) is 40.2. The van der Waals surface area contributed by atoms with Gasteiger partial charge in [0.15, 0.2) is 0 Å². The number of hydrogen-bond donors (Lipinski definition) is 2. The van der Waals surface area contributed by atoms with Crippen molar-refractivity contribution in [1.29, 1.82) is 0 Å². The monoisotopic (exact) mass is 1430 g/mol. The predicted octanol–water partition coefficient (Wildman–Crippen LogP) is 15.4. The van der Waals surface area contributed by atoms with Gasteiger partial charge >= 0.3 is 35.8 Å². The molecule has 17 heteroatoms. The van der Waals surface area contributed by atoms with Crippen molar-refractivity contribution in [2.75, 3.05) is 27.2 Å². The molecule has 16 nitrogen and oxygen atoms in total. The van der Waals surface area contributed by atoms with Crippen molar-refractivity contribution >= 4 is 47.2 Å².